The molecule has 0 bridgehead atoms. The van der Waals surface area contributed by atoms with Crippen molar-refractivity contribution in [1.29, 1.82) is 0 Å². The molecule has 1 saturated heterocycles. The van der Waals surface area contributed by atoms with Crippen molar-refractivity contribution in [3.8, 4) is 0 Å². The van der Waals surface area contributed by atoms with Crippen molar-refractivity contribution in [3.05, 3.63) is 0 Å². The number of ether oxygens (including phenoxy) is 1. The minimum atomic E-state index is 0. The second kappa shape index (κ2) is 7.04. The second-order valence-electron chi connectivity index (χ2n) is 4.00. The highest BCUT2D eigenvalue weighted by Crippen LogP contribution is 2.03. The standard InChI is InChI=1S/C10H20N2O2.ClH/c1-8(2)14-7-10(13)12-5-4-11-6-9(12)3;/h8-9,11H,4-7H2,1-3H3;1H/t9-;/m0./s1. The Hall–Kier alpha value is -0.320. The molecule has 0 aromatic heterocycles. The molecule has 1 aliphatic heterocycles. The van der Waals surface area contributed by atoms with E-state index in [0.717, 1.165) is 19.6 Å². The lowest BCUT2D eigenvalue weighted by Gasteiger charge is -2.34. The maximum atomic E-state index is 11.7. The zero-order chi connectivity index (χ0) is 10.6. The van der Waals surface area contributed by atoms with Crippen LogP contribution in [0.4, 0.5) is 0 Å². The molecule has 1 fully saturated rings. The molecule has 0 aliphatic carbocycles. The van der Waals surface area contributed by atoms with E-state index in [1.807, 2.05) is 18.7 Å². The van der Waals surface area contributed by atoms with E-state index in [4.69, 9.17) is 4.74 Å². The van der Waals surface area contributed by atoms with Crippen molar-refractivity contribution in [2.75, 3.05) is 26.2 Å². The third-order valence-electron chi connectivity index (χ3n) is 2.36. The number of nitrogens with zero attached hydrogens (tertiary/aromatic N) is 1. The van der Waals surface area contributed by atoms with Gasteiger partial charge in [0.2, 0.25) is 5.91 Å². The molecule has 5 heteroatoms. The number of carbonyl (C=O) groups excluding carboxylic acids is 1. The Morgan fingerprint density at radius 1 is 1.60 bits per heavy atom. The van der Waals surface area contributed by atoms with Crippen LogP contribution in [-0.2, 0) is 9.53 Å². The number of amides is 1. The van der Waals surface area contributed by atoms with Crippen LogP contribution in [0.2, 0.25) is 0 Å². The maximum Gasteiger partial charge on any atom is 0.248 e. The Bertz CT molecular complexity index is 200. The number of hydrogen-bond acceptors (Lipinski definition) is 3. The third kappa shape index (κ3) is 4.82. The van der Waals surface area contributed by atoms with Gasteiger partial charge in [-0.25, -0.2) is 0 Å². The summed E-state index contributed by atoms with van der Waals surface area (Å²) in [5, 5.41) is 3.25. The van der Waals surface area contributed by atoms with Crippen LogP contribution in [0.3, 0.4) is 0 Å². The predicted molar refractivity (Wildman–Crippen MR) is 62.4 cm³/mol. The lowest BCUT2D eigenvalue weighted by atomic mass is 10.2. The summed E-state index contributed by atoms with van der Waals surface area (Å²) in [6.45, 7) is 8.71. The highest BCUT2D eigenvalue weighted by Gasteiger charge is 2.22. The van der Waals surface area contributed by atoms with Gasteiger partial charge in [-0.2, -0.15) is 0 Å². The molecule has 0 radical (unpaired) electrons. The molecule has 1 aliphatic rings. The van der Waals surface area contributed by atoms with Crippen molar-refractivity contribution in [1.82, 2.24) is 10.2 Å². The van der Waals surface area contributed by atoms with Gasteiger partial charge in [-0.15, -0.1) is 12.4 Å². The topological polar surface area (TPSA) is 41.6 Å². The van der Waals surface area contributed by atoms with Gasteiger partial charge in [-0.3, -0.25) is 4.79 Å². The first-order valence-corrected chi connectivity index (χ1v) is 5.23. The molecule has 90 valence electrons. The highest BCUT2D eigenvalue weighted by molar-refractivity contribution is 5.85. The number of rotatable bonds is 3. The van der Waals surface area contributed by atoms with Gasteiger partial charge in [0.25, 0.3) is 0 Å². The van der Waals surface area contributed by atoms with Crippen LogP contribution in [0.25, 0.3) is 0 Å². The van der Waals surface area contributed by atoms with E-state index in [0.29, 0.717) is 0 Å². The second-order valence-corrected chi connectivity index (χ2v) is 4.00. The Labute approximate surface area is 97.8 Å². The summed E-state index contributed by atoms with van der Waals surface area (Å²) in [6.07, 6.45) is 0.122. The monoisotopic (exact) mass is 236 g/mol. The Kier molecular flexibility index (Phi) is 6.89. The molecule has 4 nitrogen and oxygen atoms in total. The van der Waals surface area contributed by atoms with Gasteiger partial charge in [-0.1, -0.05) is 0 Å². The van der Waals surface area contributed by atoms with E-state index in [1.165, 1.54) is 0 Å². The number of halogens is 1. The largest absolute Gasteiger partial charge is 0.369 e. The van der Waals surface area contributed by atoms with Crippen LogP contribution >= 0.6 is 12.4 Å². The molecule has 1 atom stereocenters. The van der Waals surface area contributed by atoms with Crippen molar-refractivity contribution >= 4 is 18.3 Å². The van der Waals surface area contributed by atoms with Crippen LogP contribution in [0.1, 0.15) is 20.8 Å². The number of hydrogen-bond donors (Lipinski definition) is 1. The van der Waals surface area contributed by atoms with Gasteiger partial charge in [0.05, 0.1) is 6.10 Å². The van der Waals surface area contributed by atoms with Crippen LogP contribution in [-0.4, -0.2) is 49.2 Å². The van der Waals surface area contributed by atoms with Crippen LogP contribution in [0.15, 0.2) is 0 Å². The van der Waals surface area contributed by atoms with Gasteiger partial charge in [0, 0.05) is 25.7 Å². The zero-order valence-electron chi connectivity index (χ0n) is 9.66. The van der Waals surface area contributed by atoms with Gasteiger partial charge in [-0.05, 0) is 20.8 Å². The van der Waals surface area contributed by atoms with Crippen LogP contribution in [0.5, 0.6) is 0 Å². The van der Waals surface area contributed by atoms with E-state index >= 15 is 0 Å². The summed E-state index contributed by atoms with van der Waals surface area (Å²) in [5.74, 6) is 0.104. The summed E-state index contributed by atoms with van der Waals surface area (Å²) in [5.41, 5.74) is 0. The fourth-order valence-electron chi connectivity index (χ4n) is 1.53. The van der Waals surface area contributed by atoms with Crippen LogP contribution < -0.4 is 5.32 Å². The van der Waals surface area contributed by atoms with Crippen molar-refractivity contribution in [2.45, 2.75) is 32.9 Å². The quantitative estimate of drug-likeness (QED) is 0.783. The molecule has 1 heterocycles. The summed E-state index contributed by atoms with van der Waals surface area (Å²) in [7, 11) is 0. The lowest BCUT2D eigenvalue weighted by Crippen LogP contribution is -2.53. The normalized spacial score (nSPS) is 21.3. The SMILES string of the molecule is CC(C)OCC(=O)N1CCNC[C@@H]1C.Cl. The Morgan fingerprint density at radius 3 is 2.80 bits per heavy atom. The van der Waals surface area contributed by atoms with Crippen molar-refractivity contribution in [2.24, 2.45) is 0 Å². The summed E-state index contributed by atoms with van der Waals surface area (Å²) < 4.78 is 5.29. The average Bonchev–Trinajstić information content (AvgIpc) is 2.15. The van der Waals surface area contributed by atoms with E-state index in [9.17, 15) is 4.79 Å². The van der Waals surface area contributed by atoms with Gasteiger partial charge < -0.3 is 15.0 Å². The highest BCUT2D eigenvalue weighted by atomic mass is 35.5. The van der Waals surface area contributed by atoms with E-state index < -0.39 is 0 Å². The predicted octanol–water partition coefficient (Wildman–Crippen LogP) is 0.654. The minimum absolute atomic E-state index is 0. The molecule has 1 N–H and O–H groups in total. The van der Waals surface area contributed by atoms with Gasteiger partial charge in [0.15, 0.2) is 0 Å². The molecule has 1 rings (SSSR count). The maximum absolute atomic E-state index is 11.7. The molecule has 1 amide bonds. The molecule has 0 spiro atoms. The molecule has 0 unspecified atom stereocenters. The Morgan fingerprint density at radius 2 is 2.27 bits per heavy atom. The smallest absolute Gasteiger partial charge is 0.248 e. The first-order chi connectivity index (χ1) is 6.61. The number of carbonyl (C=O) groups is 1. The van der Waals surface area contributed by atoms with Crippen LogP contribution in [0, 0.1) is 0 Å². The lowest BCUT2D eigenvalue weighted by molar-refractivity contribution is -0.140. The number of nitrogens with one attached hydrogen (secondary N) is 1. The minimum Gasteiger partial charge on any atom is -0.369 e. The molecule has 0 saturated carbocycles. The third-order valence-corrected chi connectivity index (χ3v) is 2.36. The summed E-state index contributed by atoms with van der Waals surface area (Å²) >= 11 is 0. The fraction of sp³-hybridized carbons (Fsp3) is 0.900. The molecular weight excluding hydrogens is 216 g/mol. The first-order valence-electron chi connectivity index (χ1n) is 5.23. The molecule has 15 heavy (non-hydrogen) atoms. The first kappa shape index (κ1) is 14.7. The zero-order valence-corrected chi connectivity index (χ0v) is 10.5. The van der Waals surface area contributed by atoms with E-state index in [-0.39, 0.29) is 37.1 Å². The summed E-state index contributed by atoms with van der Waals surface area (Å²) in [4.78, 5) is 13.6. The molecule has 0 aromatic rings. The summed E-state index contributed by atoms with van der Waals surface area (Å²) in [6, 6.07) is 0.284. The van der Waals surface area contributed by atoms with Crippen molar-refractivity contribution < 1.29 is 9.53 Å². The Balaban J connectivity index is 0.00000196. The van der Waals surface area contributed by atoms with Gasteiger partial charge >= 0.3 is 0 Å². The average molecular weight is 237 g/mol. The van der Waals surface area contributed by atoms with Gasteiger partial charge in [0.1, 0.15) is 6.61 Å². The number of piperazine rings is 1. The molecular formula is C10H21ClN2O2. The van der Waals surface area contributed by atoms with Crippen molar-refractivity contribution in [3.63, 3.8) is 0 Å². The molecule has 0 aromatic carbocycles. The van der Waals surface area contributed by atoms with E-state index in [1.54, 1.807) is 0 Å². The van der Waals surface area contributed by atoms with E-state index in [2.05, 4.69) is 12.2 Å². The fourth-order valence-corrected chi connectivity index (χ4v) is 1.53.